The maximum Gasteiger partial charge on any atom is 0.240 e. The second kappa shape index (κ2) is 4.43. The molecule has 1 aromatic heterocycles. The van der Waals surface area contributed by atoms with Gasteiger partial charge in [0.25, 0.3) is 0 Å². The predicted octanol–water partition coefficient (Wildman–Crippen LogP) is 2.04. The van der Waals surface area contributed by atoms with Crippen molar-refractivity contribution in [3.63, 3.8) is 0 Å². The molecule has 4 nitrogen and oxygen atoms in total. The number of aryl methyl sites for hydroxylation is 1. The van der Waals surface area contributed by atoms with Gasteiger partial charge in [0.05, 0.1) is 17.8 Å². The van der Waals surface area contributed by atoms with Crippen LogP contribution >= 0.6 is 0 Å². The number of fused-ring (bicyclic) bond motifs is 1. The summed E-state index contributed by atoms with van der Waals surface area (Å²) in [6.45, 7) is 0. The summed E-state index contributed by atoms with van der Waals surface area (Å²) in [5, 5.41) is 3.12. The van der Waals surface area contributed by atoms with Crippen LogP contribution in [-0.4, -0.2) is 11.4 Å². The zero-order chi connectivity index (χ0) is 12.6. The van der Waals surface area contributed by atoms with Crippen LogP contribution in [0.5, 0.6) is 0 Å². The van der Waals surface area contributed by atoms with Crippen LogP contribution in [0.1, 0.15) is 55.9 Å². The van der Waals surface area contributed by atoms with Crippen molar-refractivity contribution in [2.75, 3.05) is 0 Å². The molecule has 0 radical (unpaired) electrons. The third kappa shape index (κ3) is 1.94. The molecule has 0 spiro atoms. The maximum absolute atomic E-state index is 12.3. The number of hydrogen-bond acceptors (Lipinski definition) is 3. The van der Waals surface area contributed by atoms with Crippen LogP contribution in [0.2, 0.25) is 0 Å². The molecule has 1 amide bonds. The lowest BCUT2D eigenvalue weighted by atomic mass is 9.91. The van der Waals surface area contributed by atoms with Crippen LogP contribution in [0.25, 0.3) is 0 Å². The SMILES string of the molecule is NC1(C(=O)NC2CCCc3occc32)CCCC1. The van der Waals surface area contributed by atoms with Crippen molar-refractivity contribution in [1.29, 1.82) is 0 Å². The zero-order valence-electron chi connectivity index (χ0n) is 10.6. The standard InChI is InChI=1S/C14H20N2O2/c15-14(7-1-2-8-14)13(17)16-11-4-3-5-12-10(11)6-9-18-12/h6,9,11H,1-5,7-8,15H2,(H,16,17). The Bertz CT molecular complexity index is 446. The molecule has 0 bridgehead atoms. The monoisotopic (exact) mass is 248 g/mol. The van der Waals surface area contributed by atoms with Gasteiger partial charge in [-0.3, -0.25) is 4.79 Å². The van der Waals surface area contributed by atoms with E-state index in [2.05, 4.69) is 5.32 Å². The van der Waals surface area contributed by atoms with E-state index >= 15 is 0 Å². The van der Waals surface area contributed by atoms with E-state index in [1.807, 2.05) is 6.07 Å². The first-order chi connectivity index (χ1) is 8.69. The number of nitrogens with one attached hydrogen (secondary N) is 1. The van der Waals surface area contributed by atoms with E-state index in [9.17, 15) is 4.79 Å². The Morgan fingerprint density at radius 3 is 2.94 bits per heavy atom. The lowest BCUT2D eigenvalue weighted by Gasteiger charge is -2.28. The van der Waals surface area contributed by atoms with Gasteiger partial charge in [-0.2, -0.15) is 0 Å². The van der Waals surface area contributed by atoms with Crippen molar-refractivity contribution in [2.45, 2.75) is 56.5 Å². The Labute approximate surface area is 107 Å². The highest BCUT2D eigenvalue weighted by molar-refractivity contribution is 5.86. The van der Waals surface area contributed by atoms with Crippen LogP contribution < -0.4 is 11.1 Å². The van der Waals surface area contributed by atoms with Crippen LogP contribution in [0.4, 0.5) is 0 Å². The first-order valence-corrected chi connectivity index (χ1v) is 6.85. The van der Waals surface area contributed by atoms with E-state index in [1.165, 1.54) is 0 Å². The van der Waals surface area contributed by atoms with Gasteiger partial charge in [-0.1, -0.05) is 12.8 Å². The van der Waals surface area contributed by atoms with Crippen molar-refractivity contribution in [3.8, 4) is 0 Å². The first kappa shape index (κ1) is 11.8. The Morgan fingerprint density at radius 2 is 2.17 bits per heavy atom. The highest BCUT2D eigenvalue weighted by Gasteiger charge is 2.38. The smallest absolute Gasteiger partial charge is 0.240 e. The second-order valence-electron chi connectivity index (χ2n) is 5.58. The van der Waals surface area contributed by atoms with E-state index in [-0.39, 0.29) is 11.9 Å². The summed E-state index contributed by atoms with van der Waals surface area (Å²) < 4.78 is 5.44. The first-order valence-electron chi connectivity index (χ1n) is 6.85. The zero-order valence-corrected chi connectivity index (χ0v) is 10.6. The predicted molar refractivity (Wildman–Crippen MR) is 67.9 cm³/mol. The normalized spacial score (nSPS) is 25.7. The van der Waals surface area contributed by atoms with Gasteiger partial charge in [-0.15, -0.1) is 0 Å². The lowest BCUT2D eigenvalue weighted by Crippen LogP contribution is -2.52. The molecule has 4 heteroatoms. The molecule has 0 saturated heterocycles. The third-order valence-corrected chi connectivity index (χ3v) is 4.31. The summed E-state index contributed by atoms with van der Waals surface area (Å²) in [6.07, 6.45) is 8.47. The molecule has 1 unspecified atom stereocenters. The van der Waals surface area contributed by atoms with E-state index in [0.29, 0.717) is 0 Å². The molecule has 0 aromatic carbocycles. The summed E-state index contributed by atoms with van der Waals surface area (Å²) in [5.41, 5.74) is 6.68. The Hall–Kier alpha value is -1.29. The number of amides is 1. The minimum atomic E-state index is -0.638. The fraction of sp³-hybridized carbons (Fsp3) is 0.643. The molecule has 1 aromatic rings. The summed E-state index contributed by atoms with van der Waals surface area (Å²) >= 11 is 0. The molecule has 1 fully saturated rings. The maximum atomic E-state index is 12.3. The molecule has 1 saturated carbocycles. The Morgan fingerprint density at radius 1 is 1.39 bits per heavy atom. The van der Waals surface area contributed by atoms with Gasteiger partial charge in [0, 0.05) is 12.0 Å². The Balaban J connectivity index is 1.73. The average Bonchev–Trinajstić information content (AvgIpc) is 2.98. The number of carbonyl (C=O) groups excluding carboxylic acids is 1. The largest absolute Gasteiger partial charge is 0.469 e. The van der Waals surface area contributed by atoms with Crippen molar-refractivity contribution >= 4 is 5.91 Å². The molecular weight excluding hydrogens is 228 g/mol. The molecule has 2 aliphatic carbocycles. The van der Waals surface area contributed by atoms with Crippen LogP contribution in [0, 0.1) is 0 Å². The third-order valence-electron chi connectivity index (χ3n) is 4.31. The molecule has 2 aliphatic rings. The van der Waals surface area contributed by atoms with Crippen molar-refractivity contribution in [3.05, 3.63) is 23.7 Å². The summed E-state index contributed by atoms with van der Waals surface area (Å²) in [5.74, 6) is 1.03. The van der Waals surface area contributed by atoms with Gasteiger partial charge in [0.1, 0.15) is 5.76 Å². The summed E-state index contributed by atoms with van der Waals surface area (Å²) in [6, 6.07) is 2.05. The van der Waals surface area contributed by atoms with Crippen LogP contribution in [-0.2, 0) is 11.2 Å². The minimum absolute atomic E-state index is 0.0130. The molecular formula is C14H20N2O2. The van der Waals surface area contributed by atoms with Crippen LogP contribution in [0.3, 0.4) is 0 Å². The van der Waals surface area contributed by atoms with Crippen molar-refractivity contribution in [1.82, 2.24) is 5.32 Å². The topological polar surface area (TPSA) is 68.3 Å². The average molecular weight is 248 g/mol. The summed E-state index contributed by atoms with van der Waals surface area (Å²) in [4.78, 5) is 12.3. The van der Waals surface area contributed by atoms with Gasteiger partial charge in [0.2, 0.25) is 5.91 Å². The molecule has 98 valence electrons. The number of rotatable bonds is 2. The lowest BCUT2D eigenvalue weighted by molar-refractivity contribution is -0.127. The number of carbonyl (C=O) groups is 1. The molecule has 1 atom stereocenters. The Kier molecular flexibility index (Phi) is 2.90. The van der Waals surface area contributed by atoms with E-state index in [0.717, 1.165) is 56.3 Å². The van der Waals surface area contributed by atoms with Gasteiger partial charge in [-0.05, 0) is 31.7 Å². The summed E-state index contributed by atoms with van der Waals surface area (Å²) in [7, 11) is 0. The van der Waals surface area contributed by atoms with Gasteiger partial charge >= 0.3 is 0 Å². The van der Waals surface area contributed by atoms with Crippen molar-refractivity contribution in [2.24, 2.45) is 5.73 Å². The fourth-order valence-electron chi connectivity index (χ4n) is 3.17. The van der Waals surface area contributed by atoms with Crippen molar-refractivity contribution < 1.29 is 9.21 Å². The molecule has 1 heterocycles. The highest BCUT2D eigenvalue weighted by atomic mass is 16.3. The van der Waals surface area contributed by atoms with E-state index < -0.39 is 5.54 Å². The number of hydrogen-bond donors (Lipinski definition) is 2. The molecule has 3 rings (SSSR count). The van der Waals surface area contributed by atoms with Gasteiger partial charge in [-0.25, -0.2) is 0 Å². The van der Waals surface area contributed by atoms with Gasteiger partial charge in [0.15, 0.2) is 0 Å². The quantitative estimate of drug-likeness (QED) is 0.841. The minimum Gasteiger partial charge on any atom is -0.469 e. The molecule has 0 aliphatic heterocycles. The highest BCUT2D eigenvalue weighted by Crippen LogP contribution is 2.32. The van der Waals surface area contributed by atoms with Crippen LogP contribution in [0.15, 0.2) is 16.7 Å². The molecule has 18 heavy (non-hydrogen) atoms. The number of nitrogens with two attached hydrogens (primary N) is 1. The van der Waals surface area contributed by atoms with Gasteiger partial charge < -0.3 is 15.5 Å². The van der Waals surface area contributed by atoms with E-state index in [4.69, 9.17) is 10.2 Å². The molecule has 3 N–H and O–H groups in total. The number of furan rings is 1. The second-order valence-corrected chi connectivity index (χ2v) is 5.58. The van der Waals surface area contributed by atoms with E-state index in [1.54, 1.807) is 6.26 Å². The fourth-order valence-corrected chi connectivity index (χ4v) is 3.17.